The van der Waals surface area contributed by atoms with Gasteiger partial charge in [0.1, 0.15) is 12.1 Å². The van der Waals surface area contributed by atoms with Crippen LogP contribution in [0.3, 0.4) is 0 Å². The lowest BCUT2D eigenvalue weighted by Gasteiger charge is -2.24. The number of benzene rings is 2. The first-order valence-corrected chi connectivity index (χ1v) is 9.42. The van der Waals surface area contributed by atoms with E-state index in [1.54, 1.807) is 29.2 Å². The van der Waals surface area contributed by atoms with Crippen LogP contribution in [0.15, 0.2) is 85.5 Å². The average molecular weight is 384 g/mol. The van der Waals surface area contributed by atoms with E-state index in [1.807, 2.05) is 65.6 Å². The Hall–Kier alpha value is -3.80. The summed E-state index contributed by atoms with van der Waals surface area (Å²) in [7, 11) is 0. The fraction of sp³-hybridized carbons (Fsp3) is 0.130. The van der Waals surface area contributed by atoms with Gasteiger partial charge in [-0.15, -0.1) is 0 Å². The number of nitrogens with zero attached hydrogens (tertiary/aromatic N) is 4. The standard InChI is InChI=1S/C13H12N2O.C10H8N2O/c16-13-7-6-12(13)10-2-4-11(5-3-10)15-9-1-8-14-15;13-8-9-2-4-10(5-3-9)12-7-1-6-11-12/h1-5,8-9,12H,6-7H2;1-8H. The number of aromatic nitrogens is 4. The molecule has 144 valence electrons. The SMILES string of the molecule is O=C1CCC1c1ccc(-n2cccn2)cc1.O=Cc1ccc(-n2cccn2)cc1. The van der Waals surface area contributed by atoms with Crippen LogP contribution >= 0.6 is 0 Å². The Morgan fingerprint density at radius 3 is 1.76 bits per heavy atom. The number of carbonyl (C=O) groups excluding carboxylic acids is 2. The summed E-state index contributed by atoms with van der Waals surface area (Å²) < 4.78 is 3.56. The van der Waals surface area contributed by atoms with E-state index < -0.39 is 0 Å². The molecule has 0 spiro atoms. The molecule has 29 heavy (non-hydrogen) atoms. The highest BCUT2D eigenvalue weighted by atomic mass is 16.1. The molecule has 1 atom stereocenters. The predicted molar refractivity (Wildman–Crippen MR) is 109 cm³/mol. The van der Waals surface area contributed by atoms with E-state index in [9.17, 15) is 9.59 Å². The van der Waals surface area contributed by atoms with Gasteiger partial charge in [0.15, 0.2) is 0 Å². The van der Waals surface area contributed by atoms with Crippen molar-refractivity contribution >= 4 is 12.1 Å². The largest absolute Gasteiger partial charge is 0.299 e. The van der Waals surface area contributed by atoms with Crippen molar-refractivity contribution in [3.63, 3.8) is 0 Å². The van der Waals surface area contributed by atoms with Crippen molar-refractivity contribution in [2.45, 2.75) is 18.8 Å². The molecule has 1 unspecified atom stereocenters. The van der Waals surface area contributed by atoms with Crippen LogP contribution < -0.4 is 0 Å². The van der Waals surface area contributed by atoms with Crippen molar-refractivity contribution in [2.24, 2.45) is 0 Å². The Morgan fingerprint density at radius 2 is 1.38 bits per heavy atom. The van der Waals surface area contributed by atoms with Crippen molar-refractivity contribution in [3.05, 3.63) is 96.6 Å². The zero-order valence-electron chi connectivity index (χ0n) is 15.8. The summed E-state index contributed by atoms with van der Waals surface area (Å²) in [6, 6.07) is 19.1. The molecular weight excluding hydrogens is 364 g/mol. The Labute approximate surface area is 168 Å². The maximum atomic E-state index is 11.3. The molecule has 0 radical (unpaired) electrons. The molecule has 1 aliphatic carbocycles. The van der Waals surface area contributed by atoms with Crippen LogP contribution in [0, 0.1) is 0 Å². The quantitative estimate of drug-likeness (QED) is 0.499. The summed E-state index contributed by atoms with van der Waals surface area (Å²) in [5, 5.41) is 8.23. The lowest BCUT2D eigenvalue weighted by atomic mass is 9.79. The van der Waals surface area contributed by atoms with Crippen LogP contribution in [-0.2, 0) is 4.79 Å². The van der Waals surface area contributed by atoms with Crippen LogP contribution in [-0.4, -0.2) is 31.6 Å². The minimum atomic E-state index is 0.145. The van der Waals surface area contributed by atoms with Gasteiger partial charge in [-0.3, -0.25) is 9.59 Å². The van der Waals surface area contributed by atoms with Crippen molar-refractivity contribution in [1.82, 2.24) is 19.6 Å². The summed E-state index contributed by atoms with van der Waals surface area (Å²) in [6.07, 6.45) is 9.80. The molecule has 2 aromatic heterocycles. The fourth-order valence-corrected chi connectivity index (χ4v) is 3.17. The van der Waals surface area contributed by atoms with Gasteiger partial charge in [0.05, 0.1) is 11.4 Å². The van der Waals surface area contributed by atoms with E-state index >= 15 is 0 Å². The van der Waals surface area contributed by atoms with Gasteiger partial charge in [-0.2, -0.15) is 10.2 Å². The maximum Gasteiger partial charge on any atom is 0.150 e. The molecule has 5 rings (SSSR count). The lowest BCUT2D eigenvalue weighted by Crippen LogP contribution is -2.23. The Morgan fingerprint density at radius 1 is 0.828 bits per heavy atom. The topological polar surface area (TPSA) is 69.8 Å². The molecule has 0 amide bonds. The number of Topliss-reactive ketones (excluding diaryl/α,β-unsaturated/α-hetero) is 1. The van der Waals surface area contributed by atoms with E-state index in [-0.39, 0.29) is 5.92 Å². The smallest absolute Gasteiger partial charge is 0.150 e. The molecular formula is C23H20N4O2. The van der Waals surface area contributed by atoms with E-state index in [0.717, 1.165) is 36.1 Å². The Bertz CT molecular complexity index is 1070. The van der Waals surface area contributed by atoms with Gasteiger partial charge in [-0.1, -0.05) is 12.1 Å². The Kier molecular flexibility index (Phi) is 5.42. The molecule has 2 heterocycles. The molecule has 4 aromatic rings. The second-order valence-corrected chi connectivity index (χ2v) is 6.76. The molecule has 0 N–H and O–H groups in total. The van der Waals surface area contributed by atoms with E-state index in [0.29, 0.717) is 11.3 Å². The van der Waals surface area contributed by atoms with E-state index in [1.165, 1.54) is 0 Å². The number of aldehydes is 1. The van der Waals surface area contributed by atoms with Gasteiger partial charge in [0, 0.05) is 42.7 Å². The van der Waals surface area contributed by atoms with Gasteiger partial charge < -0.3 is 0 Å². The maximum absolute atomic E-state index is 11.3. The van der Waals surface area contributed by atoms with Gasteiger partial charge in [-0.05, 0) is 60.5 Å². The number of carbonyl (C=O) groups is 2. The first-order chi connectivity index (χ1) is 14.2. The van der Waals surface area contributed by atoms with Crippen molar-refractivity contribution in [2.75, 3.05) is 0 Å². The first-order valence-electron chi connectivity index (χ1n) is 9.42. The monoisotopic (exact) mass is 384 g/mol. The minimum Gasteiger partial charge on any atom is -0.299 e. The van der Waals surface area contributed by atoms with Crippen LogP contribution in [0.5, 0.6) is 0 Å². The third kappa shape index (κ3) is 4.21. The highest BCUT2D eigenvalue weighted by Crippen LogP contribution is 2.33. The summed E-state index contributed by atoms with van der Waals surface area (Å²) in [4.78, 5) is 21.7. The van der Waals surface area contributed by atoms with Gasteiger partial charge in [0.25, 0.3) is 0 Å². The van der Waals surface area contributed by atoms with Gasteiger partial charge >= 0.3 is 0 Å². The molecule has 6 heteroatoms. The van der Waals surface area contributed by atoms with E-state index in [2.05, 4.69) is 10.2 Å². The normalized spacial score (nSPS) is 15.2. The van der Waals surface area contributed by atoms with Crippen LogP contribution in [0.2, 0.25) is 0 Å². The van der Waals surface area contributed by atoms with E-state index in [4.69, 9.17) is 0 Å². The molecule has 2 aromatic carbocycles. The number of hydrogen-bond acceptors (Lipinski definition) is 4. The number of ketones is 1. The lowest BCUT2D eigenvalue weighted by molar-refractivity contribution is -0.125. The fourth-order valence-electron chi connectivity index (χ4n) is 3.17. The molecule has 0 saturated heterocycles. The summed E-state index contributed by atoms with van der Waals surface area (Å²) in [5.41, 5.74) is 3.79. The third-order valence-electron chi connectivity index (χ3n) is 4.93. The first kappa shape index (κ1) is 18.6. The number of hydrogen-bond donors (Lipinski definition) is 0. The molecule has 1 aliphatic rings. The molecule has 1 fully saturated rings. The van der Waals surface area contributed by atoms with Crippen LogP contribution in [0.25, 0.3) is 11.4 Å². The Balaban J connectivity index is 0.000000145. The minimum absolute atomic E-state index is 0.145. The van der Waals surface area contributed by atoms with Gasteiger partial charge in [0.2, 0.25) is 0 Å². The second-order valence-electron chi connectivity index (χ2n) is 6.76. The summed E-state index contributed by atoms with van der Waals surface area (Å²) in [5.74, 6) is 0.513. The average Bonchev–Trinajstić information content (AvgIpc) is 3.48. The van der Waals surface area contributed by atoms with Crippen LogP contribution in [0.1, 0.15) is 34.7 Å². The highest BCUT2D eigenvalue weighted by Gasteiger charge is 2.29. The molecule has 6 nitrogen and oxygen atoms in total. The highest BCUT2D eigenvalue weighted by molar-refractivity contribution is 5.91. The zero-order chi connectivity index (χ0) is 20.1. The van der Waals surface area contributed by atoms with Gasteiger partial charge in [-0.25, -0.2) is 9.36 Å². The summed E-state index contributed by atoms with van der Waals surface area (Å²) >= 11 is 0. The van der Waals surface area contributed by atoms with Crippen molar-refractivity contribution < 1.29 is 9.59 Å². The molecule has 0 aliphatic heterocycles. The predicted octanol–water partition coefficient (Wildman–Crippen LogP) is 4.00. The number of rotatable bonds is 4. The molecule has 1 saturated carbocycles. The summed E-state index contributed by atoms with van der Waals surface area (Å²) in [6.45, 7) is 0. The second kappa shape index (κ2) is 8.48. The van der Waals surface area contributed by atoms with Crippen molar-refractivity contribution in [1.29, 1.82) is 0 Å². The zero-order valence-corrected chi connectivity index (χ0v) is 15.8. The van der Waals surface area contributed by atoms with Crippen molar-refractivity contribution in [3.8, 4) is 11.4 Å². The molecule has 0 bridgehead atoms. The third-order valence-corrected chi connectivity index (χ3v) is 4.93. The van der Waals surface area contributed by atoms with Crippen LogP contribution in [0.4, 0.5) is 0 Å².